The van der Waals surface area contributed by atoms with Crippen molar-refractivity contribution in [1.82, 2.24) is 5.43 Å². The van der Waals surface area contributed by atoms with Crippen LogP contribution in [0.2, 0.25) is 0 Å². The number of aryl methyl sites for hydroxylation is 1. The molecular weight excluding hydrogens is 374 g/mol. The number of hydrazone groups is 1. The first kappa shape index (κ1) is 19.8. The summed E-state index contributed by atoms with van der Waals surface area (Å²) in [5, 5.41) is 14.7. The predicted octanol–water partition coefficient (Wildman–Crippen LogP) is 3.95. The van der Waals surface area contributed by atoms with Gasteiger partial charge in [0.05, 0.1) is 11.1 Å². The van der Waals surface area contributed by atoms with Gasteiger partial charge < -0.3 is 9.15 Å². The number of nitro groups is 1. The van der Waals surface area contributed by atoms with E-state index in [0.717, 1.165) is 6.42 Å². The Bertz CT molecular complexity index is 1020. The third-order valence-corrected chi connectivity index (χ3v) is 4.05. The number of rotatable bonds is 8. The zero-order valence-corrected chi connectivity index (χ0v) is 15.7. The van der Waals surface area contributed by atoms with Gasteiger partial charge in [0, 0.05) is 17.7 Å². The summed E-state index contributed by atoms with van der Waals surface area (Å²) >= 11 is 0. The Balaban J connectivity index is 1.52. The number of hydrogen-bond acceptors (Lipinski definition) is 6. The lowest BCUT2D eigenvalue weighted by atomic mass is 10.1. The Morgan fingerprint density at radius 1 is 1.21 bits per heavy atom. The SMILES string of the molecule is CCc1ccc(OCC(=O)N/N=C\c2ccc(-c3cccc([N+](=O)[O-])c3)o2)cc1. The van der Waals surface area contributed by atoms with Crippen molar-refractivity contribution in [2.45, 2.75) is 13.3 Å². The predicted molar refractivity (Wildman–Crippen MR) is 108 cm³/mol. The molecule has 0 unspecified atom stereocenters. The van der Waals surface area contributed by atoms with Crippen molar-refractivity contribution in [1.29, 1.82) is 0 Å². The van der Waals surface area contributed by atoms with Crippen LogP contribution in [0.3, 0.4) is 0 Å². The molecule has 8 nitrogen and oxygen atoms in total. The Labute approximate surface area is 167 Å². The van der Waals surface area contributed by atoms with Crippen LogP contribution in [0.15, 0.2) is 70.2 Å². The largest absolute Gasteiger partial charge is 0.484 e. The van der Waals surface area contributed by atoms with Crippen molar-refractivity contribution < 1.29 is 18.9 Å². The lowest BCUT2D eigenvalue weighted by Gasteiger charge is -2.05. The molecule has 2 aromatic carbocycles. The molecule has 1 N–H and O–H groups in total. The molecule has 29 heavy (non-hydrogen) atoms. The van der Waals surface area contributed by atoms with E-state index in [0.29, 0.717) is 22.8 Å². The fourth-order valence-electron chi connectivity index (χ4n) is 2.52. The summed E-state index contributed by atoms with van der Waals surface area (Å²) < 4.78 is 11.0. The van der Waals surface area contributed by atoms with Crippen molar-refractivity contribution >= 4 is 17.8 Å². The molecule has 0 aliphatic heterocycles. The summed E-state index contributed by atoms with van der Waals surface area (Å²) in [5.74, 6) is 1.04. The zero-order valence-electron chi connectivity index (χ0n) is 15.7. The first-order chi connectivity index (χ1) is 14.0. The highest BCUT2D eigenvalue weighted by Gasteiger charge is 2.10. The van der Waals surface area contributed by atoms with Crippen LogP contribution in [0.5, 0.6) is 5.75 Å². The first-order valence-electron chi connectivity index (χ1n) is 8.93. The zero-order chi connectivity index (χ0) is 20.6. The van der Waals surface area contributed by atoms with E-state index in [4.69, 9.17) is 9.15 Å². The van der Waals surface area contributed by atoms with Gasteiger partial charge in [0.2, 0.25) is 0 Å². The Kier molecular flexibility index (Phi) is 6.36. The second kappa shape index (κ2) is 9.32. The van der Waals surface area contributed by atoms with E-state index >= 15 is 0 Å². The van der Waals surface area contributed by atoms with Gasteiger partial charge in [-0.2, -0.15) is 5.10 Å². The minimum atomic E-state index is -0.468. The second-order valence-electron chi connectivity index (χ2n) is 6.09. The van der Waals surface area contributed by atoms with Gasteiger partial charge in [-0.3, -0.25) is 14.9 Å². The maximum absolute atomic E-state index is 11.8. The third-order valence-electron chi connectivity index (χ3n) is 4.05. The summed E-state index contributed by atoms with van der Waals surface area (Å²) in [6, 6.07) is 17.0. The molecule has 1 heterocycles. The second-order valence-corrected chi connectivity index (χ2v) is 6.09. The minimum absolute atomic E-state index is 0.0225. The maximum atomic E-state index is 11.8. The smallest absolute Gasteiger partial charge is 0.277 e. The molecule has 0 spiro atoms. The van der Waals surface area contributed by atoms with E-state index in [9.17, 15) is 14.9 Å². The van der Waals surface area contributed by atoms with Gasteiger partial charge in [0.25, 0.3) is 11.6 Å². The van der Waals surface area contributed by atoms with E-state index in [-0.39, 0.29) is 12.3 Å². The van der Waals surface area contributed by atoms with Crippen LogP contribution < -0.4 is 10.2 Å². The fraction of sp³-hybridized carbons (Fsp3) is 0.143. The molecule has 0 atom stereocenters. The summed E-state index contributed by atoms with van der Waals surface area (Å²) in [6.07, 6.45) is 2.28. The molecule has 0 bridgehead atoms. The van der Waals surface area contributed by atoms with Gasteiger partial charge >= 0.3 is 0 Å². The monoisotopic (exact) mass is 393 g/mol. The van der Waals surface area contributed by atoms with Crippen LogP contribution in [0, 0.1) is 10.1 Å². The van der Waals surface area contributed by atoms with E-state index in [1.807, 2.05) is 24.3 Å². The highest BCUT2D eigenvalue weighted by molar-refractivity contribution is 5.81. The van der Waals surface area contributed by atoms with Crippen LogP contribution in [0.4, 0.5) is 5.69 Å². The average molecular weight is 393 g/mol. The molecule has 1 aromatic heterocycles. The van der Waals surface area contributed by atoms with Crippen LogP contribution >= 0.6 is 0 Å². The Morgan fingerprint density at radius 3 is 2.72 bits per heavy atom. The molecule has 0 aliphatic rings. The van der Waals surface area contributed by atoms with Crippen molar-refractivity contribution in [2.24, 2.45) is 5.10 Å². The number of nitro benzene ring substituents is 1. The number of hydrogen-bond donors (Lipinski definition) is 1. The fourth-order valence-corrected chi connectivity index (χ4v) is 2.52. The number of furan rings is 1. The Hall–Kier alpha value is -3.94. The highest BCUT2D eigenvalue weighted by atomic mass is 16.6. The van der Waals surface area contributed by atoms with Crippen LogP contribution in [0.1, 0.15) is 18.2 Å². The van der Waals surface area contributed by atoms with E-state index in [2.05, 4.69) is 17.5 Å². The van der Waals surface area contributed by atoms with Crippen molar-refractivity contribution in [3.05, 3.63) is 82.1 Å². The van der Waals surface area contributed by atoms with Crippen molar-refractivity contribution in [3.8, 4) is 17.1 Å². The molecule has 0 saturated carbocycles. The molecule has 3 aromatic rings. The Morgan fingerprint density at radius 2 is 2.00 bits per heavy atom. The number of nitrogens with one attached hydrogen (secondary N) is 1. The quantitative estimate of drug-likeness (QED) is 0.354. The lowest BCUT2D eigenvalue weighted by Crippen LogP contribution is -2.24. The van der Waals surface area contributed by atoms with Crippen molar-refractivity contribution in [2.75, 3.05) is 6.61 Å². The molecule has 8 heteroatoms. The molecule has 0 saturated heterocycles. The summed E-state index contributed by atoms with van der Waals surface area (Å²) in [4.78, 5) is 22.2. The lowest BCUT2D eigenvalue weighted by molar-refractivity contribution is -0.384. The maximum Gasteiger partial charge on any atom is 0.277 e. The highest BCUT2D eigenvalue weighted by Crippen LogP contribution is 2.25. The van der Waals surface area contributed by atoms with Gasteiger partial charge in [-0.1, -0.05) is 31.2 Å². The molecule has 0 aliphatic carbocycles. The number of carbonyl (C=O) groups is 1. The average Bonchev–Trinajstić information content (AvgIpc) is 3.21. The summed E-state index contributed by atoms with van der Waals surface area (Å²) in [6.45, 7) is 1.90. The molecule has 0 fully saturated rings. The standard InChI is InChI=1S/C21H19N3O5/c1-2-15-6-8-18(9-7-15)28-14-21(25)23-22-13-19-10-11-20(29-19)16-4-3-5-17(12-16)24(26)27/h3-13H,2,14H2,1H3,(H,23,25)/b22-13-. The number of amides is 1. The van der Waals surface area contributed by atoms with Gasteiger partial charge in [0.15, 0.2) is 6.61 Å². The number of nitrogens with zero attached hydrogens (tertiary/aromatic N) is 2. The summed E-state index contributed by atoms with van der Waals surface area (Å²) in [7, 11) is 0. The first-order valence-corrected chi connectivity index (χ1v) is 8.93. The van der Waals surface area contributed by atoms with Crippen LogP contribution in [-0.2, 0) is 11.2 Å². The van der Waals surface area contributed by atoms with Gasteiger partial charge in [-0.15, -0.1) is 0 Å². The number of carbonyl (C=O) groups excluding carboxylic acids is 1. The molecule has 3 rings (SSSR count). The number of benzene rings is 2. The van der Waals surface area contributed by atoms with Gasteiger partial charge in [-0.05, 0) is 36.2 Å². The van der Waals surface area contributed by atoms with E-state index in [1.54, 1.807) is 24.3 Å². The minimum Gasteiger partial charge on any atom is -0.484 e. The van der Waals surface area contributed by atoms with E-state index < -0.39 is 10.8 Å². The number of non-ortho nitro benzene ring substituents is 1. The third kappa shape index (κ3) is 5.52. The molecule has 148 valence electrons. The number of ether oxygens (including phenoxy) is 1. The summed E-state index contributed by atoms with van der Waals surface area (Å²) in [5.41, 5.74) is 4.09. The van der Waals surface area contributed by atoms with Gasteiger partial charge in [-0.25, -0.2) is 5.43 Å². The van der Waals surface area contributed by atoms with Crippen LogP contribution in [-0.4, -0.2) is 23.7 Å². The van der Waals surface area contributed by atoms with E-state index in [1.165, 1.54) is 23.9 Å². The normalized spacial score (nSPS) is 10.8. The van der Waals surface area contributed by atoms with Crippen LogP contribution in [0.25, 0.3) is 11.3 Å². The topological polar surface area (TPSA) is 107 Å². The molecule has 0 radical (unpaired) electrons. The molecule has 1 amide bonds. The van der Waals surface area contributed by atoms with Crippen molar-refractivity contribution in [3.63, 3.8) is 0 Å². The molecular formula is C21H19N3O5. The van der Waals surface area contributed by atoms with Gasteiger partial charge in [0.1, 0.15) is 17.3 Å².